The van der Waals surface area contributed by atoms with E-state index in [4.69, 9.17) is 0 Å². The van der Waals surface area contributed by atoms with Crippen molar-refractivity contribution in [2.24, 2.45) is 0 Å². The van der Waals surface area contributed by atoms with Gasteiger partial charge in [0, 0.05) is 16.8 Å². The van der Waals surface area contributed by atoms with Crippen LogP contribution in [0.1, 0.15) is 35.7 Å². The number of likely N-dealkylation sites (N-methyl/N-ethyl adjacent to an activating group) is 1. The van der Waals surface area contributed by atoms with Crippen molar-refractivity contribution in [3.8, 4) is 0 Å². The van der Waals surface area contributed by atoms with Gasteiger partial charge in [0.25, 0.3) is 0 Å². The van der Waals surface area contributed by atoms with E-state index in [1.54, 1.807) is 0 Å². The van der Waals surface area contributed by atoms with Gasteiger partial charge in [-0.05, 0) is 30.5 Å². The summed E-state index contributed by atoms with van der Waals surface area (Å²) in [5.74, 6) is 0.542. The summed E-state index contributed by atoms with van der Waals surface area (Å²) in [4.78, 5) is 1.42. The first-order valence-electron chi connectivity index (χ1n) is 6.12. The first-order valence-corrected chi connectivity index (χ1v) is 7.00. The van der Waals surface area contributed by atoms with Gasteiger partial charge >= 0.3 is 0 Å². The van der Waals surface area contributed by atoms with E-state index in [0.717, 1.165) is 6.42 Å². The summed E-state index contributed by atoms with van der Waals surface area (Å²) in [5, 5.41) is 5.61. The number of rotatable bonds is 5. The van der Waals surface area contributed by atoms with E-state index < -0.39 is 0 Å². The number of hydrogen-bond donors (Lipinski definition) is 1. The molecule has 0 bridgehead atoms. The molecule has 1 aromatic carbocycles. The molecule has 2 heteroatoms. The Hall–Kier alpha value is -1.12. The van der Waals surface area contributed by atoms with Gasteiger partial charge in [0.05, 0.1) is 0 Å². The molecule has 1 nitrogen and oxygen atoms in total. The van der Waals surface area contributed by atoms with Crippen LogP contribution < -0.4 is 5.32 Å². The van der Waals surface area contributed by atoms with Crippen molar-refractivity contribution in [3.05, 3.63) is 58.3 Å². The average molecular weight is 245 g/mol. The second kappa shape index (κ2) is 5.99. The van der Waals surface area contributed by atoms with Crippen molar-refractivity contribution in [1.82, 2.24) is 5.32 Å². The predicted octanol–water partition coefficient (Wildman–Crippen LogP) is 4.20. The third kappa shape index (κ3) is 2.76. The zero-order chi connectivity index (χ0) is 12.1. The lowest BCUT2D eigenvalue weighted by atomic mass is 9.88. The molecular weight excluding hydrogens is 226 g/mol. The van der Waals surface area contributed by atoms with Gasteiger partial charge in [0.1, 0.15) is 0 Å². The van der Waals surface area contributed by atoms with Gasteiger partial charge in [0.2, 0.25) is 0 Å². The van der Waals surface area contributed by atoms with Gasteiger partial charge in [-0.1, -0.05) is 43.3 Å². The Morgan fingerprint density at radius 1 is 1.12 bits per heavy atom. The van der Waals surface area contributed by atoms with Crippen LogP contribution in [0.25, 0.3) is 0 Å². The largest absolute Gasteiger partial charge is 0.312 e. The Morgan fingerprint density at radius 2 is 1.88 bits per heavy atom. The van der Waals surface area contributed by atoms with Crippen molar-refractivity contribution < 1.29 is 0 Å². The second-order valence-electron chi connectivity index (χ2n) is 4.21. The monoisotopic (exact) mass is 245 g/mol. The van der Waals surface area contributed by atoms with E-state index in [9.17, 15) is 0 Å². The van der Waals surface area contributed by atoms with Gasteiger partial charge < -0.3 is 5.32 Å². The molecule has 1 aromatic heterocycles. The van der Waals surface area contributed by atoms with Crippen molar-refractivity contribution in [2.45, 2.75) is 25.3 Å². The number of nitrogens with one attached hydrogen (secondary N) is 1. The molecule has 2 unspecified atom stereocenters. The quantitative estimate of drug-likeness (QED) is 0.832. The van der Waals surface area contributed by atoms with Crippen LogP contribution in [0.15, 0.2) is 47.8 Å². The SMILES string of the molecule is CCC(c1ccccc1)C(NC)c1cccs1. The van der Waals surface area contributed by atoms with Gasteiger partial charge in [-0.25, -0.2) is 0 Å². The summed E-state index contributed by atoms with van der Waals surface area (Å²) in [5.41, 5.74) is 1.42. The molecule has 0 aliphatic carbocycles. The minimum Gasteiger partial charge on any atom is -0.312 e. The third-order valence-electron chi connectivity index (χ3n) is 3.23. The number of thiophene rings is 1. The van der Waals surface area contributed by atoms with Crippen LogP contribution in [0.2, 0.25) is 0 Å². The Bertz CT molecular complexity index is 421. The lowest BCUT2D eigenvalue weighted by molar-refractivity contribution is 0.474. The van der Waals surface area contributed by atoms with E-state index in [1.807, 2.05) is 11.3 Å². The van der Waals surface area contributed by atoms with Crippen LogP contribution in [0.4, 0.5) is 0 Å². The molecule has 1 heterocycles. The molecule has 0 saturated heterocycles. The molecule has 0 spiro atoms. The van der Waals surface area contributed by atoms with Crippen molar-refractivity contribution >= 4 is 11.3 Å². The summed E-state index contributed by atoms with van der Waals surface area (Å²) in [6.45, 7) is 2.26. The van der Waals surface area contributed by atoms with Crippen LogP contribution in [0.3, 0.4) is 0 Å². The van der Waals surface area contributed by atoms with Crippen molar-refractivity contribution in [1.29, 1.82) is 0 Å². The van der Waals surface area contributed by atoms with Crippen molar-refractivity contribution in [2.75, 3.05) is 7.05 Å². The molecule has 1 N–H and O–H groups in total. The smallest absolute Gasteiger partial charge is 0.0481 e. The summed E-state index contributed by atoms with van der Waals surface area (Å²) in [6, 6.07) is 15.5. The summed E-state index contributed by atoms with van der Waals surface area (Å²) in [7, 11) is 2.05. The lowest BCUT2D eigenvalue weighted by Crippen LogP contribution is -2.22. The van der Waals surface area contributed by atoms with E-state index in [-0.39, 0.29) is 0 Å². The van der Waals surface area contributed by atoms with E-state index in [1.165, 1.54) is 10.4 Å². The van der Waals surface area contributed by atoms with E-state index in [0.29, 0.717) is 12.0 Å². The van der Waals surface area contributed by atoms with E-state index in [2.05, 4.69) is 67.1 Å². The minimum atomic E-state index is 0.419. The van der Waals surface area contributed by atoms with Crippen LogP contribution in [0, 0.1) is 0 Å². The fraction of sp³-hybridized carbons (Fsp3) is 0.333. The van der Waals surface area contributed by atoms with Gasteiger partial charge in [-0.15, -0.1) is 11.3 Å². The average Bonchev–Trinajstić information content (AvgIpc) is 2.90. The number of benzene rings is 1. The molecule has 0 aliphatic heterocycles. The van der Waals surface area contributed by atoms with Crippen LogP contribution in [-0.4, -0.2) is 7.05 Å². The van der Waals surface area contributed by atoms with Crippen LogP contribution in [0.5, 0.6) is 0 Å². The molecule has 0 amide bonds. The molecule has 2 atom stereocenters. The van der Waals surface area contributed by atoms with Gasteiger partial charge in [-0.2, -0.15) is 0 Å². The minimum absolute atomic E-state index is 0.419. The molecule has 0 fully saturated rings. The molecule has 0 radical (unpaired) electrons. The van der Waals surface area contributed by atoms with Crippen LogP contribution >= 0.6 is 11.3 Å². The van der Waals surface area contributed by atoms with E-state index >= 15 is 0 Å². The highest BCUT2D eigenvalue weighted by atomic mass is 32.1. The standard InChI is InChI=1S/C15H19NS/c1-3-13(12-8-5-4-6-9-12)15(16-2)14-10-7-11-17-14/h4-11,13,15-16H,3H2,1-2H3. The highest BCUT2D eigenvalue weighted by Crippen LogP contribution is 2.35. The highest BCUT2D eigenvalue weighted by Gasteiger charge is 2.22. The summed E-state index contributed by atoms with van der Waals surface area (Å²) >= 11 is 1.83. The molecule has 2 rings (SSSR count). The van der Waals surface area contributed by atoms with Gasteiger partial charge in [0.15, 0.2) is 0 Å². The normalized spacial score (nSPS) is 14.5. The molecular formula is C15H19NS. The maximum absolute atomic E-state index is 3.46. The molecule has 0 aliphatic rings. The maximum Gasteiger partial charge on any atom is 0.0481 e. The van der Waals surface area contributed by atoms with Crippen LogP contribution in [-0.2, 0) is 0 Å². The maximum atomic E-state index is 3.46. The zero-order valence-electron chi connectivity index (χ0n) is 10.4. The Balaban J connectivity index is 2.28. The first kappa shape index (κ1) is 12.3. The Kier molecular flexibility index (Phi) is 4.35. The first-order chi connectivity index (χ1) is 8.36. The fourth-order valence-electron chi connectivity index (χ4n) is 2.37. The molecule has 2 aromatic rings. The van der Waals surface area contributed by atoms with Gasteiger partial charge in [-0.3, -0.25) is 0 Å². The number of hydrogen-bond acceptors (Lipinski definition) is 2. The Labute approximate surface area is 108 Å². The highest BCUT2D eigenvalue weighted by molar-refractivity contribution is 7.10. The molecule has 90 valence electrons. The fourth-order valence-corrected chi connectivity index (χ4v) is 3.27. The zero-order valence-corrected chi connectivity index (χ0v) is 11.2. The third-order valence-corrected chi connectivity index (χ3v) is 4.19. The Morgan fingerprint density at radius 3 is 2.41 bits per heavy atom. The molecule has 0 saturated carbocycles. The second-order valence-corrected chi connectivity index (χ2v) is 5.19. The van der Waals surface area contributed by atoms with Crippen molar-refractivity contribution in [3.63, 3.8) is 0 Å². The topological polar surface area (TPSA) is 12.0 Å². The lowest BCUT2D eigenvalue weighted by Gasteiger charge is -2.25. The molecule has 17 heavy (non-hydrogen) atoms. The summed E-state index contributed by atoms with van der Waals surface area (Å²) < 4.78 is 0. The predicted molar refractivity (Wildman–Crippen MR) is 75.6 cm³/mol. The summed E-state index contributed by atoms with van der Waals surface area (Å²) in [6.07, 6.45) is 1.15.